The first kappa shape index (κ1) is 11.0. The van der Waals surface area contributed by atoms with Crippen LogP contribution < -0.4 is 4.90 Å². The highest BCUT2D eigenvalue weighted by molar-refractivity contribution is 7.99. The standard InChI is InChI=1S/C11H12N2O2S/c1-2-8-16-11-10(13(14)15-12-11)9-6-4-3-5-7-9/h3-7H,2,8H2,1H3. The van der Waals surface area contributed by atoms with Gasteiger partial charge in [0.05, 0.1) is 5.16 Å². The Kier molecular flexibility index (Phi) is 3.46. The zero-order valence-corrected chi connectivity index (χ0v) is 9.74. The van der Waals surface area contributed by atoms with Gasteiger partial charge in [0.1, 0.15) is 0 Å². The molecular weight excluding hydrogens is 224 g/mol. The molecule has 1 aromatic heterocycles. The fraction of sp³-hybridized carbons (Fsp3) is 0.273. The highest BCUT2D eigenvalue weighted by Gasteiger charge is 2.20. The highest BCUT2D eigenvalue weighted by Crippen LogP contribution is 2.27. The molecule has 0 N–H and O–H groups in total. The average Bonchev–Trinajstić information content (AvgIpc) is 2.69. The molecule has 0 saturated carbocycles. The Morgan fingerprint density at radius 2 is 2.12 bits per heavy atom. The second-order valence-electron chi connectivity index (χ2n) is 3.30. The van der Waals surface area contributed by atoms with Crippen LogP contribution in [0.5, 0.6) is 0 Å². The molecule has 0 atom stereocenters. The summed E-state index contributed by atoms with van der Waals surface area (Å²) in [6.45, 7) is 2.08. The van der Waals surface area contributed by atoms with Crippen molar-refractivity contribution in [2.75, 3.05) is 5.75 Å². The highest BCUT2D eigenvalue weighted by atomic mass is 32.2. The largest absolute Gasteiger partial charge is 0.359 e. The molecule has 0 spiro atoms. The second-order valence-corrected chi connectivity index (χ2v) is 4.38. The van der Waals surface area contributed by atoms with E-state index in [-0.39, 0.29) is 0 Å². The van der Waals surface area contributed by atoms with Crippen LogP contribution in [0.2, 0.25) is 0 Å². The summed E-state index contributed by atoms with van der Waals surface area (Å²) in [5.41, 5.74) is 1.33. The summed E-state index contributed by atoms with van der Waals surface area (Å²) >= 11 is 1.54. The fourth-order valence-corrected chi connectivity index (χ4v) is 2.17. The van der Waals surface area contributed by atoms with E-state index in [2.05, 4.69) is 16.7 Å². The van der Waals surface area contributed by atoms with Gasteiger partial charge in [-0.25, -0.2) is 0 Å². The van der Waals surface area contributed by atoms with Crippen LogP contribution in [-0.4, -0.2) is 10.9 Å². The van der Waals surface area contributed by atoms with Crippen molar-refractivity contribution in [3.8, 4) is 11.3 Å². The molecule has 2 aromatic rings. The Hall–Kier alpha value is -1.49. The maximum atomic E-state index is 11.5. The Morgan fingerprint density at radius 1 is 1.38 bits per heavy atom. The van der Waals surface area contributed by atoms with Gasteiger partial charge in [0, 0.05) is 11.3 Å². The van der Waals surface area contributed by atoms with E-state index in [9.17, 15) is 5.21 Å². The number of rotatable bonds is 4. The zero-order valence-electron chi connectivity index (χ0n) is 8.92. The maximum absolute atomic E-state index is 11.5. The summed E-state index contributed by atoms with van der Waals surface area (Å²) in [6.07, 6.45) is 1.03. The van der Waals surface area contributed by atoms with Gasteiger partial charge in [0.2, 0.25) is 5.69 Å². The Balaban J connectivity index is 2.35. The first-order chi connectivity index (χ1) is 7.83. The maximum Gasteiger partial charge on any atom is 0.282 e. The van der Waals surface area contributed by atoms with E-state index in [1.54, 1.807) is 0 Å². The lowest BCUT2D eigenvalue weighted by Crippen LogP contribution is -2.25. The summed E-state index contributed by atoms with van der Waals surface area (Å²) in [4.78, 5) is 0.466. The molecule has 0 amide bonds. The molecule has 0 radical (unpaired) electrons. The van der Waals surface area contributed by atoms with Crippen molar-refractivity contribution in [1.82, 2.24) is 5.16 Å². The smallest absolute Gasteiger partial charge is 0.282 e. The molecule has 0 aliphatic carbocycles. The summed E-state index contributed by atoms with van der Waals surface area (Å²) in [5.74, 6) is 0.923. The van der Waals surface area contributed by atoms with Crippen molar-refractivity contribution in [2.45, 2.75) is 18.4 Å². The number of nitrogens with zero attached hydrogens (tertiary/aromatic N) is 2. The third kappa shape index (κ3) is 2.19. The predicted octanol–water partition coefficient (Wildman–Crippen LogP) is 2.48. The number of hydrogen-bond acceptors (Lipinski definition) is 4. The van der Waals surface area contributed by atoms with Crippen LogP contribution in [0.25, 0.3) is 11.3 Å². The van der Waals surface area contributed by atoms with Crippen molar-refractivity contribution in [3.63, 3.8) is 0 Å². The Labute approximate surface area is 97.8 Å². The molecule has 4 nitrogen and oxygen atoms in total. The van der Waals surface area contributed by atoms with Crippen LogP contribution in [0.4, 0.5) is 0 Å². The van der Waals surface area contributed by atoms with Crippen molar-refractivity contribution in [3.05, 3.63) is 35.5 Å². The fourth-order valence-electron chi connectivity index (χ4n) is 1.35. The molecule has 16 heavy (non-hydrogen) atoms. The monoisotopic (exact) mass is 236 g/mol. The van der Waals surface area contributed by atoms with Crippen LogP contribution in [0, 0.1) is 5.21 Å². The van der Waals surface area contributed by atoms with Crippen molar-refractivity contribution >= 4 is 11.8 Å². The van der Waals surface area contributed by atoms with Crippen molar-refractivity contribution < 1.29 is 9.53 Å². The van der Waals surface area contributed by atoms with E-state index in [4.69, 9.17) is 0 Å². The topological polar surface area (TPSA) is 53.0 Å². The van der Waals surface area contributed by atoms with Gasteiger partial charge in [-0.05, 0) is 11.3 Å². The predicted molar refractivity (Wildman–Crippen MR) is 61.9 cm³/mol. The lowest BCUT2D eigenvalue weighted by atomic mass is 10.2. The van der Waals surface area contributed by atoms with E-state index >= 15 is 0 Å². The van der Waals surface area contributed by atoms with Gasteiger partial charge in [-0.3, -0.25) is 4.63 Å². The average molecular weight is 236 g/mol. The normalized spacial score (nSPS) is 10.6. The molecule has 2 rings (SSSR count). The van der Waals surface area contributed by atoms with Gasteiger partial charge in [-0.1, -0.05) is 49.0 Å². The minimum Gasteiger partial charge on any atom is -0.359 e. The number of aromatic nitrogens is 2. The third-order valence-corrected chi connectivity index (χ3v) is 3.23. The molecule has 0 bridgehead atoms. The lowest BCUT2D eigenvalue weighted by molar-refractivity contribution is -0.793. The van der Waals surface area contributed by atoms with E-state index in [1.807, 2.05) is 30.3 Å². The summed E-state index contributed by atoms with van der Waals surface area (Å²) < 4.78 is 4.64. The minimum atomic E-state index is 0.466. The summed E-state index contributed by atoms with van der Waals surface area (Å²) in [7, 11) is 0. The van der Waals surface area contributed by atoms with E-state index in [0.717, 1.165) is 17.7 Å². The van der Waals surface area contributed by atoms with E-state index < -0.39 is 0 Å². The summed E-state index contributed by atoms with van der Waals surface area (Å²) in [5, 5.41) is 15.9. The van der Waals surface area contributed by atoms with Gasteiger partial charge in [0.15, 0.2) is 0 Å². The number of thioether (sulfide) groups is 1. The molecule has 0 aliphatic rings. The van der Waals surface area contributed by atoms with Crippen LogP contribution in [-0.2, 0) is 0 Å². The van der Waals surface area contributed by atoms with Gasteiger partial charge in [-0.2, -0.15) is 0 Å². The van der Waals surface area contributed by atoms with E-state index in [0.29, 0.717) is 15.6 Å². The van der Waals surface area contributed by atoms with E-state index in [1.165, 1.54) is 11.8 Å². The van der Waals surface area contributed by atoms with Crippen LogP contribution in [0.1, 0.15) is 13.3 Å². The Morgan fingerprint density at radius 3 is 2.81 bits per heavy atom. The molecular formula is C11H12N2O2S. The van der Waals surface area contributed by atoms with Crippen LogP contribution in [0.3, 0.4) is 0 Å². The Bertz CT molecular complexity index is 456. The summed E-state index contributed by atoms with van der Waals surface area (Å²) in [6, 6.07) is 9.42. The van der Waals surface area contributed by atoms with Crippen LogP contribution in [0.15, 0.2) is 40.0 Å². The second kappa shape index (κ2) is 5.03. The van der Waals surface area contributed by atoms with Crippen molar-refractivity contribution in [1.29, 1.82) is 0 Å². The first-order valence-electron chi connectivity index (χ1n) is 5.11. The molecule has 84 valence electrons. The molecule has 0 unspecified atom stereocenters. The van der Waals surface area contributed by atoms with Gasteiger partial charge < -0.3 is 5.21 Å². The molecule has 1 aromatic carbocycles. The number of benzene rings is 1. The molecule has 5 heteroatoms. The third-order valence-electron chi connectivity index (χ3n) is 2.07. The minimum absolute atomic E-state index is 0.466. The van der Waals surface area contributed by atoms with Crippen LogP contribution >= 0.6 is 11.8 Å². The zero-order chi connectivity index (χ0) is 11.4. The lowest BCUT2D eigenvalue weighted by Gasteiger charge is -1.97. The molecule has 0 fully saturated rings. The molecule has 0 aliphatic heterocycles. The molecule has 0 saturated heterocycles. The van der Waals surface area contributed by atoms with Gasteiger partial charge >= 0.3 is 0 Å². The first-order valence-corrected chi connectivity index (χ1v) is 6.09. The van der Waals surface area contributed by atoms with Gasteiger partial charge in [0.25, 0.3) is 5.03 Å². The quantitative estimate of drug-likeness (QED) is 0.604. The van der Waals surface area contributed by atoms with Crippen molar-refractivity contribution in [2.24, 2.45) is 0 Å². The van der Waals surface area contributed by atoms with Gasteiger partial charge in [-0.15, -0.1) is 0 Å². The molecule has 1 heterocycles. The number of hydrogen-bond donors (Lipinski definition) is 0. The SMILES string of the molecule is CCCSc1no[n+]([O-])c1-c1ccccc1.